The molecule has 0 bridgehead atoms. The molecule has 2 aromatic carbocycles. The van der Waals surface area contributed by atoms with Crippen LogP contribution in [-0.2, 0) is 11.3 Å². The normalized spacial score (nSPS) is 12.5. The third-order valence-corrected chi connectivity index (χ3v) is 5.55. The van der Waals surface area contributed by atoms with E-state index < -0.39 is 0 Å². The van der Waals surface area contributed by atoms with E-state index in [4.69, 9.17) is 18.6 Å². The number of oxazole rings is 1. The molecule has 0 fully saturated rings. The summed E-state index contributed by atoms with van der Waals surface area (Å²) in [5, 5.41) is 2.77. The number of nitrogens with one attached hydrogen (secondary N) is 1. The standard InChI is InChI=1S/C26H27N3O7/c1-3-4-11-27-26(32)18-14-36-24(28-18)13-29-19-12-17(9-10-21(19)35-16-25(29)31)20(30)15-34-23-8-6-5-7-22(23)33-2/h5-10,12,14H,3-4,11,13,15-16H2,1-2H3,(H,27,32). The molecule has 0 spiro atoms. The first-order valence-corrected chi connectivity index (χ1v) is 11.6. The van der Waals surface area contributed by atoms with Crippen molar-refractivity contribution < 1.29 is 33.0 Å². The number of carbonyl (C=O) groups excluding carboxylic acids is 3. The number of rotatable bonds is 11. The molecule has 1 aliphatic heterocycles. The van der Waals surface area contributed by atoms with Crippen molar-refractivity contribution in [3.63, 3.8) is 0 Å². The van der Waals surface area contributed by atoms with Gasteiger partial charge in [0.1, 0.15) is 18.6 Å². The molecule has 1 N–H and O–H groups in total. The van der Waals surface area contributed by atoms with Crippen LogP contribution in [-0.4, -0.2) is 49.4 Å². The van der Waals surface area contributed by atoms with Crippen LogP contribution in [0.25, 0.3) is 0 Å². The minimum atomic E-state index is -0.338. The first-order chi connectivity index (χ1) is 17.5. The van der Waals surface area contributed by atoms with Crippen LogP contribution in [0.15, 0.2) is 53.1 Å². The molecule has 1 aliphatic rings. The van der Waals surface area contributed by atoms with Gasteiger partial charge < -0.3 is 23.9 Å². The monoisotopic (exact) mass is 493 g/mol. The van der Waals surface area contributed by atoms with Gasteiger partial charge in [-0.15, -0.1) is 0 Å². The fourth-order valence-corrected chi connectivity index (χ4v) is 3.61. The molecule has 2 amide bonds. The predicted molar refractivity (Wildman–Crippen MR) is 130 cm³/mol. The van der Waals surface area contributed by atoms with Gasteiger partial charge in [-0.05, 0) is 36.8 Å². The van der Waals surface area contributed by atoms with Gasteiger partial charge in [-0.25, -0.2) is 4.98 Å². The van der Waals surface area contributed by atoms with E-state index in [2.05, 4.69) is 10.3 Å². The molecule has 36 heavy (non-hydrogen) atoms. The number of anilines is 1. The van der Waals surface area contributed by atoms with E-state index in [1.165, 1.54) is 18.3 Å². The molecule has 4 rings (SSSR count). The number of Topliss-reactive ketones (excluding diaryl/α,β-unsaturated/α-hetero) is 1. The largest absolute Gasteiger partial charge is 0.493 e. The highest BCUT2D eigenvalue weighted by atomic mass is 16.5. The van der Waals surface area contributed by atoms with Crippen molar-refractivity contribution in [1.82, 2.24) is 10.3 Å². The smallest absolute Gasteiger partial charge is 0.273 e. The molecule has 188 valence electrons. The summed E-state index contributed by atoms with van der Waals surface area (Å²) in [5.41, 5.74) is 0.885. The summed E-state index contributed by atoms with van der Waals surface area (Å²) in [7, 11) is 1.52. The van der Waals surface area contributed by atoms with Crippen molar-refractivity contribution in [3.05, 3.63) is 65.9 Å². The Hall–Kier alpha value is -4.34. The maximum Gasteiger partial charge on any atom is 0.273 e. The van der Waals surface area contributed by atoms with Gasteiger partial charge in [0.15, 0.2) is 36.2 Å². The van der Waals surface area contributed by atoms with Gasteiger partial charge in [0, 0.05) is 12.1 Å². The number of ether oxygens (including phenoxy) is 3. The van der Waals surface area contributed by atoms with Crippen LogP contribution in [0, 0.1) is 0 Å². The van der Waals surface area contributed by atoms with Crippen LogP contribution in [0.3, 0.4) is 0 Å². The van der Waals surface area contributed by atoms with Crippen LogP contribution >= 0.6 is 0 Å². The number of ketones is 1. The van der Waals surface area contributed by atoms with E-state index >= 15 is 0 Å². The average Bonchev–Trinajstić information content (AvgIpc) is 3.37. The van der Waals surface area contributed by atoms with Crippen molar-refractivity contribution in [2.75, 3.05) is 31.8 Å². The van der Waals surface area contributed by atoms with Gasteiger partial charge in [0.25, 0.3) is 11.8 Å². The Morgan fingerprint density at radius 3 is 2.75 bits per heavy atom. The summed E-state index contributed by atoms with van der Waals surface area (Å²) in [6.45, 7) is 2.17. The lowest BCUT2D eigenvalue weighted by Crippen LogP contribution is -2.38. The molecule has 2 heterocycles. The molecule has 10 nitrogen and oxygen atoms in total. The summed E-state index contributed by atoms with van der Waals surface area (Å²) in [4.78, 5) is 43.4. The Bertz CT molecular complexity index is 1250. The minimum Gasteiger partial charge on any atom is -0.493 e. The van der Waals surface area contributed by atoms with Crippen molar-refractivity contribution in [2.45, 2.75) is 26.3 Å². The molecular weight excluding hydrogens is 466 g/mol. The van der Waals surface area contributed by atoms with E-state index in [0.29, 0.717) is 35.0 Å². The predicted octanol–water partition coefficient (Wildman–Crippen LogP) is 3.40. The quantitative estimate of drug-likeness (QED) is 0.319. The topological polar surface area (TPSA) is 120 Å². The number of aromatic nitrogens is 1. The lowest BCUT2D eigenvalue weighted by molar-refractivity contribution is -0.121. The molecule has 0 aliphatic carbocycles. The zero-order valence-corrected chi connectivity index (χ0v) is 20.1. The van der Waals surface area contributed by atoms with Crippen LogP contribution in [0.1, 0.15) is 46.5 Å². The van der Waals surface area contributed by atoms with E-state index in [0.717, 1.165) is 12.8 Å². The van der Waals surface area contributed by atoms with Gasteiger partial charge >= 0.3 is 0 Å². The van der Waals surface area contributed by atoms with Gasteiger partial charge in [-0.1, -0.05) is 25.5 Å². The first kappa shape index (κ1) is 24.8. The van der Waals surface area contributed by atoms with E-state index in [9.17, 15) is 14.4 Å². The van der Waals surface area contributed by atoms with Crippen LogP contribution < -0.4 is 24.4 Å². The second-order valence-electron chi connectivity index (χ2n) is 8.05. The fourth-order valence-electron chi connectivity index (χ4n) is 3.61. The van der Waals surface area contributed by atoms with Crippen molar-refractivity contribution in [1.29, 1.82) is 0 Å². The number of methoxy groups -OCH3 is 1. The molecular formula is C26H27N3O7. The zero-order chi connectivity index (χ0) is 25.5. The van der Waals surface area contributed by atoms with Crippen molar-refractivity contribution >= 4 is 23.3 Å². The SMILES string of the molecule is CCCCNC(=O)c1coc(CN2C(=O)COc3ccc(C(=O)COc4ccccc4OC)cc32)n1. The second-order valence-corrected chi connectivity index (χ2v) is 8.05. The summed E-state index contributed by atoms with van der Waals surface area (Å²) in [6.07, 6.45) is 3.08. The van der Waals surface area contributed by atoms with Crippen LogP contribution in [0.2, 0.25) is 0 Å². The summed E-state index contributed by atoms with van der Waals surface area (Å²) < 4.78 is 21.9. The molecule has 0 saturated carbocycles. The summed E-state index contributed by atoms with van der Waals surface area (Å²) in [6, 6.07) is 11.9. The third-order valence-electron chi connectivity index (χ3n) is 5.55. The molecule has 0 unspecified atom stereocenters. The number of fused-ring (bicyclic) bond motifs is 1. The Labute approximate surface area is 208 Å². The number of para-hydroxylation sites is 2. The van der Waals surface area contributed by atoms with Crippen molar-refractivity contribution in [2.24, 2.45) is 0 Å². The lowest BCUT2D eigenvalue weighted by Gasteiger charge is -2.28. The van der Waals surface area contributed by atoms with Gasteiger partial charge in [0.05, 0.1) is 12.8 Å². The Morgan fingerprint density at radius 1 is 1.17 bits per heavy atom. The van der Waals surface area contributed by atoms with Gasteiger partial charge in [-0.2, -0.15) is 0 Å². The highest BCUT2D eigenvalue weighted by Crippen LogP contribution is 2.34. The summed E-state index contributed by atoms with van der Waals surface area (Å²) in [5.74, 6) is 0.646. The zero-order valence-electron chi connectivity index (χ0n) is 20.1. The first-order valence-electron chi connectivity index (χ1n) is 11.6. The minimum absolute atomic E-state index is 0.0210. The average molecular weight is 494 g/mol. The molecule has 0 saturated heterocycles. The fraction of sp³-hybridized carbons (Fsp3) is 0.308. The molecule has 1 aromatic heterocycles. The maximum atomic E-state index is 12.9. The molecule has 0 radical (unpaired) electrons. The molecule has 3 aromatic rings. The van der Waals surface area contributed by atoms with Crippen LogP contribution in [0.5, 0.6) is 17.2 Å². The third kappa shape index (κ3) is 5.65. The highest BCUT2D eigenvalue weighted by molar-refractivity contribution is 6.02. The van der Waals surface area contributed by atoms with Crippen molar-refractivity contribution in [3.8, 4) is 17.2 Å². The number of hydrogen-bond acceptors (Lipinski definition) is 8. The number of benzene rings is 2. The summed E-state index contributed by atoms with van der Waals surface area (Å²) >= 11 is 0. The molecule has 10 heteroatoms. The number of carbonyl (C=O) groups is 3. The second kappa shape index (κ2) is 11.4. The molecule has 0 atom stereocenters. The van der Waals surface area contributed by atoms with Crippen LogP contribution in [0.4, 0.5) is 5.69 Å². The number of hydrogen-bond donors (Lipinski definition) is 1. The highest BCUT2D eigenvalue weighted by Gasteiger charge is 2.28. The van der Waals surface area contributed by atoms with Gasteiger partial charge in [0.2, 0.25) is 5.89 Å². The van der Waals surface area contributed by atoms with E-state index in [1.807, 2.05) is 6.92 Å². The van der Waals surface area contributed by atoms with E-state index in [-0.39, 0.29) is 48.9 Å². The maximum absolute atomic E-state index is 12.9. The Kier molecular flexibility index (Phi) is 7.84. The number of nitrogens with zero attached hydrogens (tertiary/aromatic N) is 2. The Balaban J connectivity index is 1.48. The Morgan fingerprint density at radius 2 is 1.97 bits per heavy atom. The van der Waals surface area contributed by atoms with Gasteiger partial charge in [-0.3, -0.25) is 19.3 Å². The number of amides is 2. The van der Waals surface area contributed by atoms with E-state index in [1.54, 1.807) is 42.5 Å². The lowest BCUT2D eigenvalue weighted by atomic mass is 10.1. The number of unbranched alkanes of at least 4 members (excludes halogenated alkanes) is 1.